The molecule has 1 aromatic rings. The van der Waals surface area contributed by atoms with Crippen molar-refractivity contribution in [1.82, 2.24) is 0 Å². The Morgan fingerprint density at radius 3 is 2.61 bits per heavy atom. The van der Waals surface area contributed by atoms with Crippen molar-refractivity contribution in [3.8, 4) is 0 Å². The summed E-state index contributed by atoms with van der Waals surface area (Å²) in [5.74, 6) is 0. The summed E-state index contributed by atoms with van der Waals surface area (Å²) < 4.78 is 17.1. The Hall–Kier alpha value is -0.610. The quantitative estimate of drug-likeness (QED) is 0.839. The van der Waals surface area contributed by atoms with Gasteiger partial charge in [-0.2, -0.15) is 0 Å². The zero-order valence-electron chi connectivity index (χ0n) is 10.8. The monoisotopic (exact) mass is 270 g/mol. The lowest BCUT2D eigenvalue weighted by molar-refractivity contribution is -0.263. The fourth-order valence-electron chi connectivity index (χ4n) is 1.81. The molecule has 4 heteroatoms. The van der Waals surface area contributed by atoms with E-state index in [4.69, 9.17) is 25.8 Å². The van der Waals surface area contributed by atoms with Crippen LogP contribution >= 0.6 is 11.6 Å². The first kappa shape index (κ1) is 13.8. The van der Waals surface area contributed by atoms with Gasteiger partial charge in [-0.1, -0.05) is 36.7 Å². The highest BCUT2D eigenvalue weighted by Gasteiger charge is 2.33. The van der Waals surface area contributed by atoms with Crippen LogP contribution in [-0.4, -0.2) is 25.1 Å². The molecule has 100 valence electrons. The molecular weight excluding hydrogens is 252 g/mol. The molecule has 2 rings (SSSR count). The molecule has 0 N–H and O–H groups in total. The predicted octanol–water partition coefficient (Wildman–Crippen LogP) is 3.40. The van der Waals surface area contributed by atoms with Crippen LogP contribution in [0.1, 0.15) is 25.8 Å². The maximum Gasteiger partial charge on any atom is 0.157 e. The molecule has 0 saturated carbocycles. The summed E-state index contributed by atoms with van der Waals surface area (Å²) in [6, 6.07) is 7.69. The first-order valence-electron chi connectivity index (χ1n) is 6.23. The molecule has 18 heavy (non-hydrogen) atoms. The predicted molar refractivity (Wildman–Crippen MR) is 70.6 cm³/mol. The molecule has 1 fully saturated rings. The molecule has 0 spiro atoms. The second-order valence-corrected chi connectivity index (χ2v) is 5.20. The van der Waals surface area contributed by atoms with Crippen molar-refractivity contribution in [1.29, 1.82) is 0 Å². The van der Waals surface area contributed by atoms with Crippen LogP contribution in [0.5, 0.6) is 0 Å². The van der Waals surface area contributed by atoms with Crippen molar-refractivity contribution in [2.24, 2.45) is 0 Å². The molecule has 1 heterocycles. The molecule has 1 saturated heterocycles. The third-order valence-corrected chi connectivity index (χ3v) is 3.39. The van der Waals surface area contributed by atoms with Crippen molar-refractivity contribution < 1.29 is 14.2 Å². The molecule has 0 amide bonds. The van der Waals surface area contributed by atoms with Gasteiger partial charge >= 0.3 is 0 Å². The van der Waals surface area contributed by atoms with Crippen molar-refractivity contribution >= 4 is 11.6 Å². The largest absolute Gasteiger partial charge is 0.366 e. The van der Waals surface area contributed by atoms with Gasteiger partial charge in [0.2, 0.25) is 0 Å². The van der Waals surface area contributed by atoms with Crippen LogP contribution in [0.25, 0.3) is 0 Å². The van der Waals surface area contributed by atoms with E-state index in [-0.39, 0.29) is 6.29 Å². The van der Waals surface area contributed by atoms with Crippen LogP contribution < -0.4 is 0 Å². The fraction of sp³-hybridized carbons (Fsp3) is 0.571. The number of hydrogen-bond donors (Lipinski definition) is 0. The van der Waals surface area contributed by atoms with Gasteiger partial charge in [0.15, 0.2) is 6.29 Å². The summed E-state index contributed by atoms with van der Waals surface area (Å²) in [5.41, 5.74) is 0.586. The Balaban J connectivity index is 1.88. The third kappa shape index (κ3) is 3.45. The highest BCUT2D eigenvalue weighted by Crippen LogP contribution is 2.24. The maximum absolute atomic E-state index is 6.09. The van der Waals surface area contributed by atoms with Crippen LogP contribution in [0.15, 0.2) is 24.3 Å². The van der Waals surface area contributed by atoms with Gasteiger partial charge in [0.25, 0.3) is 0 Å². The highest BCUT2D eigenvalue weighted by atomic mass is 35.5. The zero-order valence-corrected chi connectivity index (χ0v) is 11.6. The second kappa shape index (κ2) is 6.02. The van der Waals surface area contributed by atoms with E-state index in [0.29, 0.717) is 19.8 Å². The average molecular weight is 271 g/mol. The van der Waals surface area contributed by atoms with Crippen molar-refractivity contribution in [3.05, 3.63) is 34.9 Å². The van der Waals surface area contributed by atoms with E-state index in [9.17, 15) is 0 Å². The van der Waals surface area contributed by atoms with Gasteiger partial charge in [0.05, 0.1) is 19.8 Å². The molecule has 3 nitrogen and oxygen atoms in total. The lowest BCUT2D eigenvalue weighted by Crippen LogP contribution is -2.46. The number of hydrogen-bond acceptors (Lipinski definition) is 3. The smallest absolute Gasteiger partial charge is 0.157 e. The molecule has 1 aliphatic rings. The fourth-order valence-corrected chi connectivity index (χ4v) is 2.00. The van der Waals surface area contributed by atoms with Gasteiger partial charge < -0.3 is 14.2 Å². The highest BCUT2D eigenvalue weighted by molar-refractivity contribution is 6.31. The summed E-state index contributed by atoms with van der Waals surface area (Å²) in [6.07, 6.45) is 0.766. The van der Waals surface area contributed by atoms with Gasteiger partial charge in [0.1, 0.15) is 5.60 Å². The lowest BCUT2D eigenvalue weighted by Gasteiger charge is -2.37. The van der Waals surface area contributed by atoms with Gasteiger partial charge in [-0.25, -0.2) is 0 Å². The van der Waals surface area contributed by atoms with E-state index in [1.54, 1.807) is 0 Å². The van der Waals surface area contributed by atoms with Crippen LogP contribution in [0, 0.1) is 0 Å². The summed E-state index contributed by atoms with van der Waals surface area (Å²) in [6.45, 7) is 5.61. The first-order valence-corrected chi connectivity index (χ1v) is 6.61. The maximum atomic E-state index is 6.09. The lowest BCUT2D eigenvalue weighted by atomic mass is 10.1. The summed E-state index contributed by atoms with van der Waals surface area (Å²) in [4.78, 5) is 0. The summed E-state index contributed by atoms with van der Waals surface area (Å²) in [7, 11) is 0. The van der Waals surface area contributed by atoms with E-state index < -0.39 is 5.60 Å². The van der Waals surface area contributed by atoms with E-state index in [1.807, 2.05) is 38.1 Å². The van der Waals surface area contributed by atoms with Crippen molar-refractivity contribution in [3.63, 3.8) is 0 Å². The minimum absolute atomic E-state index is 0.0954. The number of ether oxygens (including phenoxy) is 3. The minimum atomic E-state index is -0.398. The third-order valence-electron chi connectivity index (χ3n) is 3.02. The van der Waals surface area contributed by atoms with E-state index >= 15 is 0 Å². The SMILES string of the molecule is CCC1OCC(C)(OCc2ccccc2Cl)CO1. The van der Waals surface area contributed by atoms with Crippen LogP contribution in [0.2, 0.25) is 5.02 Å². The second-order valence-electron chi connectivity index (χ2n) is 4.79. The normalized spacial score (nSPS) is 28.3. The van der Waals surface area contributed by atoms with Crippen molar-refractivity contribution in [2.45, 2.75) is 38.8 Å². The molecular formula is C14H19ClO3. The molecule has 0 aromatic heterocycles. The number of benzene rings is 1. The standard InChI is InChI=1S/C14H19ClO3/c1-3-13-16-9-14(2,10-17-13)18-8-11-6-4-5-7-12(11)15/h4-7,13H,3,8-10H2,1-2H3. The average Bonchev–Trinajstić information content (AvgIpc) is 2.39. The number of halogens is 1. The first-order chi connectivity index (χ1) is 8.63. The van der Waals surface area contributed by atoms with Gasteiger partial charge in [-0.3, -0.25) is 0 Å². The topological polar surface area (TPSA) is 27.7 Å². The Kier molecular flexibility index (Phi) is 4.62. The molecule has 1 aromatic carbocycles. The minimum Gasteiger partial charge on any atom is -0.366 e. The summed E-state index contributed by atoms with van der Waals surface area (Å²) >= 11 is 6.09. The van der Waals surface area contributed by atoms with E-state index in [1.165, 1.54) is 0 Å². The Bertz CT molecular complexity index is 386. The van der Waals surface area contributed by atoms with E-state index in [2.05, 4.69) is 0 Å². The summed E-state index contributed by atoms with van der Waals surface area (Å²) in [5, 5.41) is 0.727. The zero-order chi connectivity index (χ0) is 13.0. The Morgan fingerprint density at radius 1 is 1.33 bits per heavy atom. The Morgan fingerprint density at radius 2 is 2.00 bits per heavy atom. The van der Waals surface area contributed by atoms with Crippen LogP contribution in [-0.2, 0) is 20.8 Å². The molecule has 0 radical (unpaired) electrons. The van der Waals surface area contributed by atoms with Gasteiger partial charge in [-0.15, -0.1) is 0 Å². The van der Waals surface area contributed by atoms with Gasteiger partial charge in [-0.05, 0) is 25.0 Å². The van der Waals surface area contributed by atoms with Crippen molar-refractivity contribution in [2.75, 3.05) is 13.2 Å². The molecule has 0 aliphatic carbocycles. The number of rotatable bonds is 4. The molecule has 1 aliphatic heterocycles. The molecule has 0 unspecified atom stereocenters. The Labute approximate surface area is 113 Å². The van der Waals surface area contributed by atoms with Crippen LogP contribution in [0.3, 0.4) is 0 Å². The van der Waals surface area contributed by atoms with Gasteiger partial charge in [0, 0.05) is 5.02 Å². The van der Waals surface area contributed by atoms with E-state index in [0.717, 1.165) is 17.0 Å². The molecule has 0 bridgehead atoms. The molecule has 0 atom stereocenters. The van der Waals surface area contributed by atoms with Crippen LogP contribution in [0.4, 0.5) is 0 Å².